The quantitative estimate of drug-likeness (QED) is 0.487. The maximum absolute atomic E-state index is 12.0. The molecular formula is C28H33N5O2. The summed E-state index contributed by atoms with van der Waals surface area (Å²) < 4.78 is 5.27. The number of ether oxygens (including phenoxy) is 1. The van der Waals surface area contributed by atoms with Gasteiger partial charge in [0.15, 0.2) is 0 Å². The number of nitrogens with one attached hydrogen (secondary N) is 1. The molecule has 2 saturated heterocycles. The van der Waals surface area contributed by atoms with Gasteiger partial charge in [-0.25, -0.2) is 9.78 Å². The highest BCUT2D eigenvalue weighted by atomic mass is 16.5. The van der Waals surface area contributed by atoms with Crippen molar-refractivity contribution in [2.75, 3.05) is 44.2 Å². The first-order valence-electron chi connectivity index (χ1n) is 12.5. The molecule has 1 unspecified atom stereocenters. The molecular weight excluding hydrogens is 438 g/mol. The monoisotopic (exact) mass is 471 g/mol. The summed E-state index contributed by atoms with van der Waals surface area (Å²) >= 11 is 0. The highest BCUT2D eigenvalue weighted by Gasteiger charge is 2.41. The highest BCUT2D eigenvalue weighted by Crippen LogP contribution is 2.42. The van der Waals surface area contributed by atoms with E-state index in [0.29, 0.717) is 23.1 Å². The fourth-order valence-corrected chi connectivity index (χ4v) is 5.89. The van der Waals surface area contributed by atoms with Gasteiger partial charge in [0, 0.05) is 44.0 Å². The van der Waals surface area contributed by atoms with Gasteiger partial charge in [0.1, 0.15) is 18.5 Å². The zero-order valence-corrected chi connectivity index (χ0v) is 20.4. The van der Waals surface area contributed by atoms with Crippen LogP contribution in [0.25, 0.3) is 0 Å². The number of piperidine rings is 1. The largest absolute Gasteiger partial charge is 0.457 e. The predicted molar refractivity (Wildman–Crippen MR) is 135 cm³/mol. The maximum Gasteiger partial charge on any atom is 0.338 e. The second kappa shape index (κ2) is 9.80. The van der Waals surface area contributed by atoms with Crippen LogP contribution in [-0.2, 0) is 11.3 Å². The van der Waals surface area contributed by atoms with E-state index in [-0.39, 0.29) is 12.0 Å². The predicted octanol–water partition coefficient (Wildman–Crippen LogP) is 3.74. The number of hydrogen-bond donors (Lipinski definition) is 1. The molecule has 1 aromatic heterocycles. The van der Waals surface area contributed by atoms with Gasteiger partial charge >= 0.3 is 5.97 Å². The van der Waals surface area contributed by atoms with E-state index in [9.17, 15) is 4.79 Å². The van der Waals surface area contributed by atoms with Crippen molar-refractivity contribution < 1.29 is 9.53 Å². The van der Waals surface area contributed by atoms with Crippen LogP contribution in [0.3, 0.4) is 0 Å². The minimum atomic E-state index is -0.214. The van der Waals surface area contributed by atoms with Crippen molar-refractivity contribution in [2.24, 2.45) is 5.41 Å². The number of benzene rings is 1. The molecule has 1 N–H and O–H groups in total. The fourth-order valence-electron chi connectivity index (χ4n) is 5.89. The SMILES string of the molecule is C=CCNC(CN1CCC2(CC1)CCN(c1ccc(C#N)cn1)C2)c1ccc2c(c1C)COC2=O. The molecule has 182 valence electrons. The van der Waals surface area contributed by atoms with E-state index in [1.165, 1.54) is 24.8 Å². The van der Waals surface area contributed by atoms with Crippen LogP contribution in [-0.4, -0.2) is 55.1 Å². The standard InChI is InChI=1S/C28H33N5O2/c1-3-11-30-25(22-5-6-23-24(20(22)2)18-35-27(23)34)17-32-12-8-28(9-13-32)10-14-33(19-28)26-7-4-21(15-29)16-31-26/h3-7,16,25,30H,1,8-14,17-19H2,2H3. The molecule has 0 aliphatic carbocycles. The molecule has 35 heavy (non-hydrogen) atoms. The summed E-state index contributed by atoms with van der Waals surface area (Å²) in [5.41, 5.74) is 5.08. The number of carbonyl (C=O) groups is 1. The lowest BCUT2D eigenvalue weighted by molar-refractivity contribution is 0.0535. The van der Waals surface area contributed by atoms with Crippen LogP contribution in [0.4, 0.5) is 5.82 Å². The minimum Gasteiger partial charge on any atom is -0.457 e. The fraction of sp³-hybridized carbons (Fsp3) is 0.464. The van der Waals surface area contributed by atoms with Crippen molar-refractivity contribution in [2.45, 2.75) is 38.8 Å². The lowest BCUT2D eigenvalue weighted by atomic mass is 9.77. The van der Waals surface area contributed by atoms with Crippen LogP contribution in [0, 0.1) is 23.7 Å². The van der Waals surface area contributed by atoms with E-state index in [4.69, 9.17) is 10.00 Å². The molecule has 0 saturated carbocycles. The molecule has 3 aliphatic heterocycles. The molecule has 0 amide bonds. The molecule has 7 heteroatoms. The van der Waals surface area contributed by atoms with Gasteiger partial charge in [-0.3, -0.25) is 0 Å². The Kier molecular flexibility index (Phi) is 6.59. The topological polar surface area (TPSA) is 81.5 Å². The first-order valence-corrected chi connectivity index (χ1v) is 12.5. The molecule has 0 radical (unpaired) electrons. The van der Waals surface area contributed by atoms with Crippen molar-refractivity contribution in [3.63, 3.8) is 0 Å². The Balaban J connectivity index is 1.23. The zero-order chi connectivity index (χ0) is 24.4. The van der Waals surface area contributed by atoms with Gasteiger partial charge in [-0.2, -0.15) is 5.26 Å². The number of nitrogens with zero attached hydrogens (tertiary/aromatic N) is 4. The summed E-state index contributed by atoms with van der Waals surface area (Å²) in [5, 5.41) is 12.7. The lowest BCUT2D eigenvalue weighted by Crippen LogP contribution is -2.45. The van der Waals surface area contributed by atoms with Crippen LogP contribution in [0.1, 0.15) is 57.9 Å². The Morgan fingerprint density at radius 3 is 2.77 bits per heavy atom. The Morgan fingerprint density at radius 2 is 2.06 bits per heavy atom. The van der Waals surface area contributed by atoms with Gasteiger partial charge in [-0.1, -0.05) is 12.1 Å². The van der Waals surface area contributed by atoms with Crippen molar-refractivity contribution in [3.8, 4) is 6.07 Å². The van der Waals surface area contributed by atoms with Crippen LogP contribution < -0.4 is 10.2 Å². The van der Waals surface area contributed by atoms with E-state index in [1.54, 1.807) is 6.20 Å². The van der Waals surface area contributed by atoms with Gasteiger partial charge in [0.2, 0.25) is 0 Å². The molecule has 4 heterocycles. The van der Waals surface area contributed by atoms with Crippen molar-refractivity contribution in [3.05, 3.63) is 70.9 Å². The number of carbonyl (C=O) groups excluding carboxylic acids is 1. The third-order valence-corrected chi connectivity index (χ3v) is 8.09. The average Bonchev–Trinajstić information content (AvgIpc) is 3.48. The van der Waals surface area contributed by atoms with Crippen molar-refractivity contribution >= 4 is 11.8 Å². The number of pyridine rings is 1. The number of rotatable bonds is 7. The number of nitriles is 1. The van der Waals surface area contributed by atoms with Crippen LogP contribution in [0.5, 0.6) is 0 Å². The second-order valence-corrected chi connectivity index (χ2v) is 10.1. The van der Waals surface area contributed by atoms with E-state index in [0.717, 1.165) is 56.2 Å². The van der Waals surface area contributed by atoms with Gasteiger partial charge in [0.25, 0.3) is 0 Å². The molecule has 2 aromatic rings. The van der Waals surface area contributed by atoms with E-state index in [1.807, 2.05) is 24.3 Å². The summed E-state index contributed by atoms with van der Waals surface area (Å²) in [6, 6.07) is 10.2. The lowest BCUT2D eigenvalue weighted by Gasteiger charge is -2.40. The van der Waals surface area contributed by atoms with Crippen LogP contribution >= 0.6 is 0 Å². The Labute approximate surface area is 207 Å². The summed E-state index contributed by atoms with van der Waals surface area (Å²) in [7, 11) is 0. The van der Waals surface area contributed by atoms with Gasteiger partial charge in [-0.05, 0) is 74.0 Å². The van der Waals surface area contributed by atoms with Gasteiger partial charge < -0.3 is 19.9 Å². The Hall–Kier alpha value is -3.21. The number of fused-ring (bicyclic) bond motifs is 1. The third kappa shape index (κ3) is 4.69. The summed E-state index contributed by atoms with van der Waals surface area (Å²) in [6.45, 7) is 12.2. The molecule has 5 rings (SSSR count). The number of esters is 1. The number of hydrogen-bond acceptors (Lipinski definition) is 7. The Morgan fingerprint density at radius 1 is 1.26 bits per heavy atom. The highest BCUT2D eigenvalue weighted by molar-refractivity contribution is 5.94. The zero-order valence-electron chi connectivity index (χ0n) is 20.4. The number of cyclic esters (lactones) is 1. The molecule has 7 nitrogen and oxygen atoms in total. The minimum absolute atomic E-state index is 0.172. The normalized spacial score (nSPS) is 19.9. The van der Waals surface area contributed by atoms with Gasteiger partial charge in [0.05, 0.1) is 11.1 Å². The van der Waals surface area contributed by atoms with E-state index >= 15 is 0 Å². The van der Waals surface area contributed by atoms with Crippen LogP contribution in [0.2, 0.25) is 0 Å². The van der Waals surface area contributed by atoms with Crippen molar-refractivity contribution in [1.82, 2.24) is 15.2 Å². The molecule has 0 bridgehead atoms. The average molecular weight is 472 g/mol. The molecule has 1 atom stereocenters. The van der Waals surface area contributed by atoms with E-state index < -0.39 is 0 Å². The summed E-state index contributed by atoms with van der Waals surface area (Å²) in [4.78, 5) is 21.4. The molecule has 1 spiro atoms. The molecule has 1 aromatic carbocycles. The van der Waals surface area contributed by atoms with Crippen molar-refractivity contribution in [1.29, 1.82) is 5.26 Å². The smallest absolute Gasteiger partial charge is 0.338 e. The maximum atomic E-state index is 12.0. The summed E-state index contributed by atoms with van der Waals surface area (Å²) in [5.74, 6) is 0.764. The van der Waals surface area contributed by atoms with E-state index in [2.05, 4.69) is 45.7 Å². The first-order chi connectivity index (χ1) is 17.0. The third-order valence-electron chi connectivity index (χ3n) is 8.09. The number of likely N-dealkylation sites (tertiary alicyclic amines) is 1. The Bertz CT molecular complexity index is 1150. The number of anilines is 1. The first kappa shape index (κ1) is 23.5. The molecule has 2 fully saturated rings. The second-order valence-electron chi connectivity index (χ2n) is 10.1. The molecule has 3 aliphatic rings. The number of aromatic nitrogens is 1. The summed E-state index contributed by atoms with van der Waals surface area (Å²) in [6.07, 6.45) is 7.12. The van der Waals surface area contributed by atoms with Crippen LogP contribution in [0.15, 0.2) is 43.1 Å². The van der Waals surface area contributed by atoms with Gasteiger partial charge in [-0.15, -0.1) is 6.58 Å².